The Morgan fingerprint density at radius 2 is 2.53 bits per heavy atom. The Labute approximate surface area is 87.1 Å². The van der Waals surface area contributed by atoms with E-state index in [1.807, 2.05) is 6.92 Å². The first-order valence-corrected chi connectivity index (χ1v) is 4.92. The van der Waals surface area contributed by atoms with Crippen LogP contribution >= 0.6 is 0 Å². The van der Waals surface area contributed by atoms with Crippen LogP contribution in [0.5, 0.6) is 0 Å². The van der Waals surface area contributed by atoms with E-state index in [0.29, 0.717) is 6.54 Å². The molecular formula is C9H14N4O2. The summed E-state index contributed by atoms with van der Waals surface area (Å²) in [6.07, 6.45) is 3.39. The van der Waals surface area contributed by atoms with Crippen molar-refractivity contribution in [1.82, 2.24) is 14.5 Å². The van der Waals surface area contributed by atoms with Crippen molar-refractivity contribution in [2.45, 2.75) is 31.9 Å². The Balaban J connectivity index is 2.20. The second-order valence-electron chi connectivity index (χ2n) is 4.03. The van der Waals surface area contributed by atoms with E-state index in [9.17, 15) is 4.79 Å². The Kier molecular flexibility index (Phi) is 2.44. The molecule has 0 aliphatic carbocycles. The van der Waals surface area contributed by atoms with Crippen LogP contribution in [-0.4, -0.2) is 26.7 Å². The van der Waals surface area contributed by atoms with E-state index >= 15 is 0 Å². The van der Waals surface area contributed by atoms with Crippen LogP contribution in [0.15, 0.2) is 11.1 Å². The van der Waals surface area contributed by atoms with Crippen molar-refractivity contribution in [3.63, 3.8) is 0 Å². The molecule has 0 radical (unpaired) electrons. The Morgan fingerprint density at radius 1 is 1.73 bits per heavy atom. The van der Waals surface area contributed by atoms with E-state index in [1.165, 1.54) is 10.9 Å². The average molecular weight is 210 g/mol. The molecule has 1 fully saturated rings. The fourth-order valence-electron chi connectivity index (χ4n) is 1.80. The number of ether oxygens (including phenoxy) is 1. The Hall–Kier alpha value is -1.43. The van der Waals surface area contributed by atoms with Crippen molar-refractivity contribution in [3.05, 3.63) is 16.8 Å². The number of nitrogens with zero attached hydrogens (tertiary/aromatic N) is 3. The maximum absolute atomic E-state index is 11.4. The fraction of sp³-hybridized carbons (Fsp3) is 0.667. The van der Waals surface area contributed by atoms with E-state index in [1.54, 1.807) is 0 Å². The van der Waals surface area contributed by atoms with Gasteiger partial charge >= 0.3 is 5.69 Å². The van der Waals surface area contributed by atoms with Gasteiger partial charge in [0.1, 0.15) is 6.33 Å². The highest BCUT2D eigenvalue weighted by Gasteiger charge is 2.30. The number of anilines is 1. The Morgan fingerprint density at radius 3 is 3.13 bits per heavy atom. The summed E-state index contributed by atoms with van der Waals surface area (Å²) in [5.74, 6) is 0.00810. The van der Waals surface area contributed by atoms with Gasteiger partial charge in [0.2, 0.25) is 5.95 Å². The quantitative estimate of drug-likeness (QED) is 0.730. The van der Waals surface area contributed by atoms with Crippen LogP contribution < -0.4 is 11.4 Å². The van der Waals surface area contributed by atoms with E-state index < -0.39 is 0 Å². The van der Waals surface area contributed by atoms with Crippen LogP contribution in [-0.2, 0) is 11.3 Å². The lowest BCUT2D eigenvalue weighted by Gasteiger charge is -2.23. The van der Waals surface area contributed by atoms with Crippen molar-refractivity contribution in [1.29, 1.82) is 0 Å². The minimum atomic E-state index is -0.376. The second-order valence-corrected chi connectivity index (χ2v) is 4.03. The van der Waals surface area contributed by atoms with Gasteiger partial charge in [-0.05, 0) is 19.8 Å². The molecule has 15 heavy (non-hydrogen) atoms. The molecule has 0 saturated carbocycles. The molecule has 6 nitrogen and oxygen atoms in total. The molecule has 2 rings (SSSR count). The first-order chi connectivity index (χ1) is 7.09. The lowest BCUT2D eigenvalue weighted by Crippen LogP contribution is -2.36. The Bertz CT molecular complexity index is 409. The van der Waals surface area contributed by atoms with E-state index in [2.05, 4.69) is 9.97 Å². The highest BCUT2D eigenvalue weighted by Crippen LogP contribution is 2.25. The van der Waals surface area contributed by atoms with Crippen LogP contribution in [0, 0.1) is 0 Å². The van der Waals surface area contributed by atoms with Crippen LogP contribution in [0.1, 0.15) is 19.8 Å². The zero-order valence-corrected chi connectivity index (χ0v) is 8.64. The standard InChI is InChI=1S/C9H14N4O2/c1-9(3-2-4-15-9)5-13-6-11-7(10)12-8(13)14/h6H,2-5H2,1H3,(H2,10,12,14). The number of aromatic nitrogens is 3. The largest absolute Gasteiger partial charge is 0.373 e. The highest BCUT2D eigenvalue weighted by molar-refractivity contribution is 5.09. The molecule has 0 amide bonds. The average Bonchev–Trinajstić information content (AvgIpc) is 2.58. The summed E-state index contributed by atoms with van der Waals surface area (Å²) in [6.45, 7) is 3.22. The lowest BCUT2D eigenvalue weighted by molar-refractivity contribution is 0.00496. The van der Waals surface area contributed by atoms with Gasteiger partial charge in [-0.15, -0.1) is 0 Å². The van der Waals surface area contributed by atoms with Gasteiger partial charge in [0.25, 0.3) is 0 Å². The summed E-state index contributed by atoms with van der Waals surface area (Å²) >= 11 is 0. The summed E-state index contributed by atoms with van der Waals surface area (Å²) in [6, 6.07) is 0. The van der Waals surface area contributed by atoms with Crippen molar-refractivity contribution in [3.8, 4) is 0 Å². The third kappa shape index (κ3) is 2.15. The zero-order valence-electron chi connectivity index (χ0n) is 8.64. The zero-order chi connectivity index (χ0) is 10.9. The van der Waals surface area contributed by atoms with E-state index in [0.717, 1.165) is 19.4 Å². The first-order valence-electron chi connectivity index (χ1n) is 4.92. The molecule has 1 saturated heterocycles. The maximum Gasteiger partial charge on any atom is 0.352 e. The van der Waals surface area contributed by atoms with E-state index in [-0.39, 0.29) is 17.2 Å². The predicted molar refractivity (Wildman–Crippen MR) is 54.3 cm³/mol. The molecule has 0 bridgehead atoms. The van der Waals surface area contributed by atoms with Gasteiger partial charge in [0, 0.05) is 6.61 Å². The van der Waals surface area contributed by atoms with Gasteiger partial charge in [0.05, 0.1) is 12.1 Å². The molecule has 82 valence electrons. The third-order valence-corrected chi connectivity index (χ3v) is 2.59. The van der Waals surface area contributed by atoms with Gasteiger partial charge in [0.15, 0.2) is 0 Å². The minimum absolute atomic E-state index is 0.00810. The SMILES string of the molecule is CC1(Cn2cnc(N)nc2=O)CCCO1. The summed E-state index contributed by atoms with van der Waals surface area (Å²) in [5.41, 5.74) is 4.65. The molecule has 1 unspecified atom stereocenters. The van der Waals surface area contributed by atoms with Crippen LogP contribution in [0.4, 0.5) is 5.95 Å². The number of nitrogens with two attached hydrogens (primary N) is 1. The number of hydrogen-bond donors (Lipinski definition) is 1. The highest BCUT2D eigenvalue weighted by atomic mass is 16.5. The maximum atomic E-state index is 11.4. The minimum Gasteiger partial charge on any atom is -0.373 e. The topological polar surface area (TPSA) is 83.0 Å². The number of nitrogen functional groups attached to an aromatic ring is 1. The van der Waals surface area contributed by atoms with Crippen molar-refractivity contribution in [2.24, 2.45) is 0 Å². The molecule has 1 atom stereocenters. The molecule has 0 spiro atoms. The normalized spacial score (nSPS) is 25.7. The van der Waals surface area contributed by atoms with Gasteiger partial charge in [-0.3, -0.25) is 4.57 Å². The first kappa shape index (κ1) is 10.1. The molecule has 2 N–H and O–H groups in total. The molecule has 0 aromatic carbocycles. The van der Waals surface area contributed by atoms with Gasteiger partial charge in [-0.1, -0.05) is 0 Å². The third-order valence-electron chi connectivity index (χ3n) is 2.59. The molecular weight excluding hydrogens is 196 g/mol. The van der Waals surface area contributed by atoms with Crippen molar-refractivity contribution < 1.29 is 4.74 Å². The van der Waals surface area contributed by atoms with Gasteiger partial charge in [-0.2, -0.15) is 4.98 Å². The summed E-state index contributed by atoms with van der Waals surface area (Å²) in [7, 11) is 0. The van der Waals surface area contributed by atoms with Gasteiger partial charge < -0.3 is 10.5 Å². The van der Waals surface area contributed by atoms with Crippen molar-refractivity contribution >= 4 is 5.95 Å². The lowest BCUT2D eigenvalue weighted by atomic mass is 10.0. The molecule has 1 aromatic heterocycles. The molecule has 1 aliphatic heterocycles. The monoisotopic (exact) mass is 210 g/mol. The molecule has 1 aliphatic rings. The fourth-order valence-corrected chi connectivity index (χ4v) is 1.80. The summed E-state index contributed by atoms with van der Waals surface area (Å²) in [5, 5.41) is 0. The van der Waals surface area contributed by atoms with Crippen LogP contribution in [0.25, 0.3) is 0 Å². The summed E-state index contributed by atoms with van der Waals surface area (Å²) < 4.78 is 7.02. The van der Waals surface area contributed by atoms with Crippen LogP contribution in [0.3, 0.4) is 0 Å². The van der Waals surface area contributed by atoms with Crippen LogP contribution in [0.2, 0.25) is 0 Å². The summed E-state index contributed by atoms with van der Waals surface area (Å²) in [4.78, 5) is 18.8. The second kappa shape index (κ2) is 3.62. The van der Waals surface area contributed by atoms with E-state index in [4.69, 9.17) is 10.5 Å². The molecule has 2 heterocycles. The number of hydrogen-bond acceptors (Lipinski definition) is 5. The molecule has 1 aromatic rings. The molecule has 6 heteroatoms. The van der Waals surface area contributed by atoms with Gasteiger partial charge in [-0.25, -0.2) is 9.78 Å². The number of rotatable bonds is 2. The van der Waals surface area contributed by atoms with Crippen molar-refractivity contribution in [2.75, 3.05) is 12.3 Å². The smallest absolute Gasteiger partial charge is 0.352 e. The predicted octanol–water partition coefficient (Wildman–Crippen LogP) is -0.210.